The summed E-state index contributed by atoms with van der Waals surface area (Å²) in [6, 6.07) is -5.38. The molecule has 0 spiro atoms. The summed E-state index contributed by atoms with van der Waals surface area (Å²) in [6.45, 7) is 6.55. The first-order valence-corrected chi connectivity index (χ1v) is 24.5. The van der Waals surface area contributed by atoms with E-state index in [0.717, 1.165) is 21.6 Å². The largest absolute Gasteiger partial charge is 0.508 e. The number of nitrogens with two attached hydrogens (primary N) is 4. The van der Waals surface area contributed by atoms with Gasteiger partial charge in [0, 0.05) is 24.5 Å². The minimum Gasteiger partial charge on any atom is -0.508 e. The number of hydrogen-bond donors (Lipinski definition) is 12. The number of likely N-dealkylation sites (tertiary alicyclic amines) is 1. The molecule has 0 radical (unpaired) electrons. The predicted octanol–water partition coefficient (Wildman–Crippen LogP) is -4.00. The fourth-order valence-corrected chi connectivity index (χ4v) is 9.48. The van der Waals surface area contributed by atoms with E-state index in [0.29, 0.717) is 18.4 Å². The molecule has 3 rings (SSSR count). The van der Waals surface area contributed by atoms with Crippen molar-refractivity contribution in [1.82, 2.24) is 42.1 Å². The molecule has 68 heavy (non-hydrogen) atoms. The van der Waals surface area contributed by atoms with Gasteiger partial charge in [0.1, 0.15) is 48.0 Å². The van der Waals surface area contributed by atoms with Gasteiger partial charge in [-0.2, -0.15) is 0 Å². The summed E-state index contributed by atoms with van der Waals surface area (Å²) in [6.07, 6.45) is -0.745. The Morgan fingerprint density at radius 1 is 0.765 bits per heavy atom. The van der Waals surface area contributed by atoms with E-state index in [-0.39, 0.29) is 49.0 Å². The van der Waals surface area contributed by atoms with Gasteiger partial charge in [-0.05, 0) is 48.8 Å². The summed E-state index contributed by atoms with van der Waals surface area (Å²) < 4.78 is 0. The van der Waals surface area contributed by atoms with Crippen molar-refractivity contribution in [2.24, 2.45) is 34.8 Å². The first-order chi connectivity index (χ1) is 32.0. The van der Waals surface area contributed by atoms with Crippen molar-refractivity contribution in [2.45, 2.75) is 121 Å². The Hall–Kier alpha value is -6.15. The molecule has 26 heteroatoms. The van der Waals surface area contributed by atoms with Gasteiger partial charge in [0.15, 0.2) is 0 Å². The van der Waals surface area contributed by atoms with Gasteiger partial charge in [-0.1, -0.05) is 67.8 Å². The van der Waals surface area contributed by atoms with Crippen LogP contribution >= 0.6 is 21.6 Å². The van der Waals surface area contributed by atoms with E-state index in [4.69, 9.17) is 22.9 Å². The number of phenolic OH excluding ortho intramolecular Hbond substituents is 1. The van der Waals surface area contributed by atoms with Crippen LogP contribution in [0.15, 0.2) is 24.3 Å². The smallest absolute Gasteiger partial charge is 0.246 e. The zero-order chi connectivity index (χ0) is 50.8. The van der Waals surface area contributed by atoms with E-state index in [2.05, 4.69) is 37.2 Å². The van der Waals surface area contributed by atoms with Gasteiger partial charge in [-0.15, -0.1) is 0 Å². The third kappa shape index (κ3) is 17.8. The molecule has 24 nitrogen and oxygen atoms in total. The lowest BCUT2D eigenvalue weighted by Gasteiger charge is -2.31. The average Bonchev–Trinajstić information content (AvgIpc) is 3.77. The summed E-state index contributed by atoms with van der Waals surface area (Å²) in [4.78, 5) is 148. The van der Waals surface area contributed by atoms with Gasteiger partial charge < -0.3 is 70.2 Å². The van der Waals surface area contributed by atoms with Crippen LogP contribution in [0.4, 0.5) is 0 Å². The van der Waals surface area contributed by atoms with Crippen molar-refractivity contribution in [3.63, 3.8) is 0 Å². The van der Waals surface area contributed by atoms with E-state index in [9.17, 15) is 57.8 Å². The van der Waals surface area contributed by atoms with Crippen molar-refractivity contribution in [1.29, 1.82) is 0 Å². The van der Waals surface area contributed by atoms with Crippen LogP contribution in [0.25, 0.3) is 0 Å². The number of carbonyl (C=O) groups is 11. The Kier molecular flexibility index (Phi) is 22.3. The normalized spacial score (nSPS) is 24.5. The Morgan fingerprint density at radius 2 is 1.32 bits per heavy atom. The van der Waals surface area contributed by atoms with E-state index in [1.165, 1.54) is 29.2 Å². The molecule has 0 saturated carbocycles. The van der Waals surface area contributed by atoms with Crippen molar-refractivity contribution in [2.75, 3.05) is 24.6 Å². The third-order valence-corrected chi connectivity index (χ3v) is 13.5. The molecular formula is C42H64N12O12S2. The zero-order valence-corrected chi connectivity index (χ0v) is 40.0. The molecule has 0 bridgehead atoms. The highest BCUT2D eigenvalue weighted by molar-refractivity contribution is 8.76. The average molecular weight is 993 g/mol. The lowest BCUT2D eigenvalue weighted by molar-refractivity contribution is -0.142. The minimum absolute atomic E-state index is 0.0430. The van der Waals surface area contributed by atoms with Gasteiger partial charge in [-0.25, -0.2) is 0 Å². The Bertz CT molecular complexity index is 2030. The molecular weight excluding hydrogens is 929 g/mol. The summed E-state index contributed by atoms with van der Waals surface area (Å²) in [5.74, 6) is -10.9. The summed E-state index contributed by atoms with van der Waals surface area (Å²) in [5.41, 5.74) is 22.9. The summed E-state index contributed by atoms with van der Waals surface area (Å²) >= 11 is 0. The SMILES string of the molecule is CC[C@H](C)[C@@H]1NC(=O)[C@H](Cc2ccc(O)cc2)NC(=O)[C@@H](N)CSSC[C@@H](C(=O)N2CCC[C@H]2C(=O)N[C@@H](CC(C)C)C(=O)NCC(N)=O)NC(=O)[C@H](CC(N)=O)NC(=O)[C@H](CC(N)=O)NC1=O. The number of hydrogen-bond acceptors (Lipinski definition) is 15. The molecule has 16 N–H and O–H groups in total. The van der Waals surface area contributed by atoms with Gasteiger partial charge >= 0.3 is 0 Å². The predicted molar refractivity (Wildman–Crippen MR) is 250 cm³/mol. The first kappa shape index (κ1) is 56.2. The highest BCUT2D eigenvalue weighted by atomic mass is 33.1. The maximum Gasteiger partial charge on any atom is 0.246 e. The zero-order valence-electron chi connectivity index (χ0n) is 38.4. The van der Waals surface area contributed by atoms with Crippen molar-refractivity contribution in [3.8, 4) is 5.75 Å². The van der Waals surface area contributed by atoms with Crippen molar-refractivity contribution >= 4 is 86.6 Å². The molecule has 0 unspecified atom stereocenters. The fraction of sp³-hybridized carbons (Fsp3) is 0.595. The van der Waals surface area contributed by atoms with E-state index in [1.54, 1.807) is 13.8 Å². The third-order valence-electron chi connectivity index (χ3n) is 11.0. The van der Waals surface area contributed by atoms with Crippen molar-refractivity contribution in [3.05, 3.63) is 29.8 Å². The molecule has 0 aromatic heterocycles. The second kappa shape index (κ2) is 27.0. The number of phenols is 1. The monoisotopic (exact) mass is 992 g/mol. The minimum atomic E-state index is -1.79. The van der Waals surface area contributed by atoms with E-state index < -0.39 is 139 Å². The van der Waals surface area contributed by atoms with Gasteiger partial charge in [0.2, 0.25) is 65.0 Å². The second-order valence-corrected chi connectivity index (χ2v) is 19.6. The number of nitrogens with one attached hydrogen (secondary N) is 7. The summed E-state index contributed by atoms with van der Waals surface area (Å²) in [5, 5.41) is 27.4. The van der Waals surface area contributed by atoms with E-state index >= 15 is 0 Å². The number of primary amides is 3. The topological polar surface area (TPSA) is 400 Å². The molecule has 0 aliphatic carbocycles. The summed E-state index contributed by atoms with van der Waals surface area (Å²) in [7, 11) is 2.03. The van der Waals surface area contributed by atoms with Gasteiger partial charge in [-0.3, -0.25) is 52.7 Å². The Morgan fingerprint density at radius 3 is 1.90 bits per heavy atom. The standard InChI is InChI=1S/C42H64N12O12S2/c1-5-21(4)34-41(65)51-28(16-32(45)57)37(61)49-27(15-31(44)56)38(62)52-29(19-68-67-18-24(43)35(59)48-26(39(63)53-34)14-22-8-10-23(55)11-9-22)42(66)54-12-6-7-30(54)40(64)50-25(13-20(2)3)36(60)47-17-33(46)58/h8-11,20-21,24-30,34,55H,5-7,12-19,43H2,1-4H3,(H2,44,56)(H2,45,57)(H2,46,58)(H,47,60)(H,48,59)(H,49,61)(H,50,64)(H,51,65)(H,52,62)(H,53,63)/t21-,24-,25-,26-,27-,28-,29-,30-,34-/m0/s1. The molecule has 2 saturated heterocycles. The molecule has 11 amide bonds. The van der Waals surface area contributed by atoms with Gasteiger partial charge in [0.25, 0.3) is 0 Å². The number of rotatable bonds is 16. The number of benzene rings is 1. The molecule has 1 aromatic rings. The quantitative estimate of drug-likeness (QED) is 0.0703. The molecule has 2 aliphatic rings. The maximum atomic E-state index is 14.5. The van der Waals surface area contributed by atoms with Crippen LogP contribution in [0.3, 0.4) is 0 Å². The molecule has 1 aromatic carbocycles. The molecule has 2 aliphatic heterocycles. The number of nitrogens with zero attached hydrogens (tertiary/aromatic N) is 1. The van der Waals surface area contributed by atoms with Crippen LogP contribution in [0, 0.1) is 11.8 Å². The maximum absolute atomic E-state index is 14.5. The lowest BCUT2D eigenvalue weighted by atomic mass is 9.96. The van der Waals surface area contributed by atoms with Crippen LogP contribution in [0.2, 0.25) is 0 Å². The molecule has 376 valence electrons. The van der Waals surface area contributed by atoms with Crippen molar-refractivity contribution < 1.29 is 57.8 Å². The number of carbonyl (C=O) groups excluding carboxylic acids is 11. The van der Waals surface area contributed by atoms with Gasteiger partial charge in [0.05, 0.1) is 25.4 Å². The van der Waals surface area contributed by atoms with Crippen LogP contribution in [-0.2, 0) is 59.2 Å². The number of aromatic hydroxyl groups is 1. The Balaban J connectivity index is 2.04. The molecule has 2 heterocycles. The molecule has 2 fully saturated rings. The van der Waals surface area contributed by atoms with E-state index in [1.807, 2.05) is 13.8 Å². The van der Waals surface area contributed by atoms with Crippen LogP contribution in [0.5, 0.6) is 5.75 Å². The second-order valence-electron chi connectivity index (χ2n) is 17.1. The van der Waals surface area contributed by atoms with Crippen LogP contribution in [-0.4, -0.2) is 148 Å². The highest BCUT2D eigenvalue weighted by Crippen LogP contribution is 2.26. The van der Waals surface area contributed by atoms with Crippen LogP contribution < -0.4 is 60.2 Å². The first-order valence-electron chi connectivity index (χ1n) is 22.0. The Labute approximate surface area is 401 Å². The lowest BCUT2D eigenvalue weighted by Crippen LogP contribution is -2.62. The fourth-order valence-electron chi connectivity index (χ4n) is 7.20. The number of amides is 11. The highest BCUT2D eigenvalue weighted by Gasteiger charge is 2.41. The molecule has 9 atom stereocenters. The van der Waals surface area contributed by atoms with Crippen LogP contribution in [0.1, 0.15) is 71.8 Å².